The number of aromatic nitrogens is 3. The standard InChI is InChI=1S/C21H22ClN5O2S/c1-14(2)12-23-20(29)24-18(28)13-30-21-26-25-19(15-8-10-16(22)11-9-15)27(21)17-6-4-3-5-7-17/h3-11,14H,12-13H2,1-2H3,(H2,23,24,28,29). The Morgan fingerprint density at radius 2 is 1.77 bits per heavy atom. The zero-order chi connectivity index (χ0) is 21.5. The van der Waals surface area contributed by atoms with Crippen molar-refractivity contribution < 1.29 is 9.59 Å². The van der Waals surface area contributed by atoms with Crippen LogP contribution in [0.3, 0.4) is 0 Å². The Bertz CT molecular complexity index is 1010. The quantitative estimate of drug-likeness (QED) is 0.535. The summed E-state index contributed by atoms with van der Waals surface area (Å²) < 4.78 is 1.88. The van der Waals surface area contributed by atoms with Crippen LogP contribution in [0, 0.1) is 5.92 Å². The molecule has 3 amide bonds. The molecule has 156 valence electrons. The van der Waals surface area contributed by atoms with Crippen LogP contribution < -0.4 is 10.6 Å². The smallest absolute Gasteiger partial charge is 0.321 e. The average Bonchev–Trinajstić information content (AvgIpc) is 3.16. The van der Waals surface area contributed by atoms with Gasteiger partial charge >= 0.3 is 6.03 Å². The molecule has 1 aromatic heterocycles. The molecule has 1 heterocycles. The summed E-state index contributed by atoms with van der Waals surface area (Å²) in [5.41, 5.74) is 1.71. The molecular formula is C21H22ClN5O2S. The number of rotatable bonds is 7. The third-order valence-electron chi connectivity index (χ3n) is 4.01. The van der Waals surface area contributed by atoms with Gasteiger partial charge in [0.05, 0.1) is 5.75 Å². The maximum atomic E-state index is 12.2. The van der Waals surface area contributed by atoms with Crippen LogP contribution in [0.1, 0.15) is 13.8 Å². The first-order chi connectivity index (χ1) is 14.4. The molecule has 0 fully saturated rings. The molecule has 2 aromatic carbocycles. The van der Waals surface area contributed by atoms with Crippen LogP contribution in [0.2, 0.25) is 5.02 Å². The van der Waals surface area contributed by atoms with E-state index in [1.54, 1.807) is 12.1 Å². The van der Waals surface area contributed by atoms with Crippen molar-refractivity contribution >= 4 is 35.3 Å². The highest BCUT2D eigenvalue weighted by Gasteiger charge is 2.18. The molecule has 2 N–H and O–H groups in total. The SMILES string of the molecule is CC(C)CNC(=O)NC(=O)CSc1nnc(-c2ccc(Cl)cc2)n1-c1ccccc1. The predicted octanol–water partition coefficient (Wildman–Crippen LogP) is 4.16. The van der Waals surface area contributed by atoms with Crippen molar-refractivity contribution in [3.05, 3.63) is 59.6 Å². The Morgan fingerprint density at radius 3 is 2.43 bits per heavy atom. The van der Waals surface area contributed by atoms with Crippen molar-refractivity contribution in [1.82, 2.24) is 25.4 Å². The molecule has 0 spiro atoms. The van der Waals surface area contributed by atoms with Gasteiger partial charge in [0, 0.05) is 22.8 Å². The lowest BCUT2D eigenvalue weighted by molar-refractivity contribution is -0.117. The number of urea groups is 1. The van der Waals surface area contributed by atoms with Crippen molar-refractivity contribution in [2.45, 2.75) is 19.0 Å². The third kappa shape index (κ3) is 5.84. The predicted molar refractivity (Wildman–Crippen MR) is 119 cm³/mol. The molecular weight excluding hydrogens is 422 g/mol. The lowest BCUT2D eigenvalue weighted by Gasteiger charge is -2.11. The molecule has 0 aliphatic heterocycles. The number of nitrogens with one attached hydrogen (secondary N) is 2. The van der Waals surface area contributed by atoms with E-state index in [1.807, 2.05) is 60.9 Å². The summed E-state index contributed by atoms with van der Waals surface area (Å²) in [6.07, 6.45) is 0. The highest BCUT2D eigenvalue weighted by molar-refractivity contribution is 7.99. The van der Waals surface area contributed by atoms with Crippen LogP contribution in [0.15, 0.2) is 59.8 Å². The second-order valence-electron chi connectivity index (χ2n) is 6.92. The fourth-order valence-electron chi connectivity index (χ4n) is 2.59. The molecule has 3 rings (SSSR count). The number of hydrogen-bond donors (Lipinski definition) is 2. The Balaban J connectivity index is 1.77. The summed E-state index contributed by atoms with van der Waals surface area (Å²) >= 11 is 7.21. The molecule has 0 saturated carbocycles. The minimum Gasteiger partial charge on any atom is -0.338 e. The Morgan fingerprint density at radius 1 is 1.07 bits per heavy atom. The van der Waals surface area contributed by atoms with E-state index in [-0.39, 0.29) is 5.75 Å². The maximum Gasteiger partial charge on any atom is 0.321 e. The summed E-state index contributed by atoms with van der Waals surface area (Å²) in [7, 11) is 0. The number of thioether (sulfide) groups is 1. The van der Waals surface area contributed by atoms with Crippen LogP contribution in [0.4, 0.5) is 4.79 Å². The van der Waals surface area contributed by atoms with Crippen LogP contribution in [0.5, 0.6) is 0 Å². The highest BCUT2D eigenvalue weighted by atomic mass is 35.5. The first kappa shape index (κ1) is 21.9. The topological polar surface area (TPSA) is 88.9 Å². The summed E-state index contributed by atoms with van der Waals surface area (Å²) in [5.74, 6) is 0.559. The van der Waals surface area contributed by atoms with Gasteiger partial charge < -0.3 is 5.32 Å². The van der Waals surface area contributed by atoms with Gasteiger partial charge in [-0.05, 0) is 42.3 Å². The Labute approximate surface area is 184 Å². The van der Waals surface area contributed by atoms with Gasteiger partial charge in [-0.3, -0.25) is 14.7 Å². The normalized spacial score (nSPS) is 10.8. The van der Waals surface area contributed by atoms with E-state index < -0.39 is 11.9 Å². The number of para-hydroxylation sites is 1. The molecule has 0 unspecified atom stereocenters. The van der Waals surface area contributed by atoms with Gasteiger partial charge in [-0.25, -0.2) is 4.79 Å². The van der Waals surface area contributed by atoms with E-state index in [9.17, 15) is 9.59 Å². The number of nitrogens with zero attached hydrogens (tertiary/aromatic N) is 3. The maximum absolute atomic E-state index is 12.2. The monoisotopic (exact) mass is 443 g/mol. The lowest BCUT2D eigenvalue weighted by atomic mass is 10.2. The van der Waals surface area contributed by atoms with Gasteiger partial charge in [-0.15, -0.1) is 10.2 Å². The minimum atomic E-state index is -0.499. The van der Waals surface area contributed by atoms with Crippen LogP contribution in [-0.4, -0.2) is 39.0 Å². The molecule has 0 aliphatic carbocycles. The van der Waals surface area contributed by atoms with E-state index in [0.29, 0.717) is 28.5 Å². The van der Waals surface area contributed by atoms with Gasteiger partial charge in [0.1, 0.15) is 0 Å². The Hall–Kier alpha value is -2.84. The van der Waals surface area contributed by atoms with E-state index in [4.69, 9.17) is 11.6 Å². The van der Waals surface area contributed by atoms with Crippen molar-refractivity contribution in [2.75, 3.05) is 12.3 Å². The van der Waals surface area contributed by atoms with Crippen LogP contribution in [0.25, 0.3) is 17.1 Å². The summed E-state index contributed by atoms with van der Waals surface area (Å²) in [6.45, 7) is 4.46. The van der Waals surface area contributed by atoms with Crippen LogP contribution in [-0.2, 0) is 4.79 Å². The third-order valence-corrected chi connectivity index (χ3v) is 5.19. The summed E-state index contributed by atoms with van der Waals surface area (Å²) in [5, 5.41) is 14.7. The van der Waals surface area contributed by atoms with Crippen molar-refractivity contribution in [2.24, 2.45) is 5.92 Å². The van der Waals surface area contributed by atoms with Crippen molar-refractivity contribution in [1.29, 1.82) is 0 Å². The number of imide groups is 1. The first-order valence-electron chi connectivity index (χ1n) is 9.41. The van der Waals surface area contributed by atoms with Gasteiger partial charge in [-0.2, -0.15) is 0 Å². The van der Waals surface area contributed by atoms with E-state index in [0.717, 1.165) is 11.3 Å². The highest BCUT2D eigenvalue weighted by Crippen LogP contribution is 2.28. The second kappa shape index (κ2) is 10.3. The molecule has 3 aromatic rings. The summed E-state index contributed by atoms with van der Waals surface area (Å²) in [6, 6.07) is 16.4. The van der Waals surface area contributed by atoms with Gasteiger partial charge in [0.25, 0.3) is 0 Å². The van der Waals surface area contributed by atoms with Gasteiger partial charge in [0.15, 0.2) is 11.0 Å². The van der Waals surface area contributed by atoms with Crippen molar-refractivity contribution in [3.8, 4) is 17.1 Å². The number of hydrogen-bond acceptors (Lipinski definition) is 5. The zero-order valence-corrected chi connectivity index (χ0v) is 18.2. The second-order valence-corrected chi connectivity index (χ2v) is 8.30. The van der Waals surface area contributed by atoms with E-state index >= 15 is 0 Å². The van der Waals surface area contributed by atoms with E-state index in [2.05, 4.69) is 20.8 Å². The molecule has 7 nitrogen and oxygen atoms in total. The molecule has 30 heavy (non-hydrogen) atoms. The Kier molecular flexibility index (Phi) is 7.48. The van der Waals surface area contributed by atoms with Crippen LogP contribution >= 0.6 is 23.4 Å². The average molecular weight is 444 g/mol. The minimum absolute atomic E-state index is 0.0285. The molecule has 0 aliphatic rings. The number of carbonyl (C=O) groups is 2. The van der Waals surface area contributed by atoms with Crippen molar-refractivity contribution in [3.63, 3.8) is 0 Å². The molecule has 0 saturated heterocycles. The lowest BCUT2D eigenvalue weighted by Crippen LogP contribution is -2.41. The van der Waals surface area contributed by atoms with Gasteiger partial charge in [-0.1, -0.05) is 55.4 Å². The first-order valence-corrected chi connectivity index (χ1v) is 10.8. The molecule has 0 bridgehead atoms. The molecule has 0 atom stereocenters. The van der Waals surface area contributed by atoms with Gasteiger partial charge in [0.2, 0.25) is 5.91 Å². The molecule has 9 heteroatoms. The molecule has 0 radical (unpaired) electrons. The number of benzene rings is 2. The fraction of sp³-hybridized carbons (Fsp3) is 0.238. The number of amides is 3. The largest absolute Gasteiger partial charge is 0.338 e. The van der Waals surface area contributed by atoms with E-state index in [1.165, 1.54) is 11.8 Å². The fourth-order valence-corrected chi connectivity index (χ4v) is 3.47. The summed E-state index contributed by atoms with van der Waals surface area (Å²) in [4.78, 5) is 23.9. The number of carbonyl (C=O) groups excluding carboxylic acids is 2. The number of halogens is 1. The zero-order valence-electron chi connectivity index (χ0n) is 16.6.